The van der Waals surface area contributed by atoms with Crippen LogP contribution in [0.4, 0.5) is 0 Å². The molecule has 2 rings (SSSR count). The number of hydrogen-bond acceptors (Lipinski definition) is 4. The van der Waals surface area contributed by atoms with Crippen LogP contribution >= 0.6 is 0 Å². The molecule has 0 N–H and O–H groups in total. The van der Waals surface area contributed by atoms with E-state index in [9.17, 15) is 13.0 Å². The van der Waals surface area contributed by atoms with Crippen molar-refractivity contribution < 1.29 is 47.3 Å². The van der Waals surface area contributed by atoms with Crippen LogP contribution < -0.4 is 29.6 Å². The predicted molar refractivity (Wildman–Crippen MR) is 48.3 cm³/mol. The summed E-state index contributed by atoms with van der Waals surface area (Å²) >= 11 is 0. The summed E-state index contributed by atoms with van der Waals surface area (Å²) in [4.78, 5) is 0. The van der Waals surface area contributed by atoms with Crippen LogP contribution in [0.3, 0.4) is 0 Å². The van der Waals surface area contributed by atoms with Crippen molar-refractivity contribution in [3.63, 3.8) is 0 Å². The van der Waals surface area contributed by atoms with Crippen LogP contribution in [0.2, 0.25) is 0 Å². The van der Waals surface area contributed by atoms with Gasteiger partial charge in [-0.15, -0.1) is 0 Å². The van der Waals surface area contributed by atoms with Crippen LogP contribution in [0.15, 0.2) is 18.2 Å². The van der Waals surface area contributed by atoms with E-state index in [4.69, 9.17) is 4.74 Å². The maximum absolute atomic E-state index is 10.6. The monoisotopic (exact) mass is 236 g/mol. The summed E-state index contributed by atoms with van der Waals surface area (Å²) in [6.45, 7) is 0.906. The van der Waals surface area contributed by atoms with Crippen molar-refractivity contribution in [3.8, 4) is 0 Å². The predicted octanol–water partition coefficient (Wildman–Crippen LogP) is -2.23. The van der Waals surface area contributed by atoms with Crippen LogP contribution in [0.25, 0.3) is 0 Å². The Labute approximate surface area is 111 Å². The molecule has 1 aromatic carbocycles. The van der Waals surface area contributed by atoms with Crippen molar-refractivity contribution in [1.29, 1.82) is 0 Å². The van der Waals surface area contributed by atoms with E-state index >= 15 is 0 Å². The fourth-order valence-corrected chi connectivity index (χ4v) is 2.25. The summed E-state index contributed by atoms with van der Waals surface area (Å²) in [6, 6.07) is 5.28. The molecule has 0 amide bonds. The second-order valence-electron chi connectivity index (χ2n) is 3.25. The van der Waals surface area contributed by atoms with Gasteiger partial charge in [0.25, 0.3) is 0 Å². The van der Waals surface area contributed by atoms with Crippen molar-refractivity contribution in [2.45, 2.75) is 19.0 Å². The van der Waals surface area contributed by atoms with Crippen molar-refractivity contribution in [3.05, 3.63) is 34.9 Å². The van der Waals surface area contributed by atoms with E-state index in [1.807, 2.05) is 6.07 Å². The molecule has 0 unspecified atom stereocenters. The smallest absolute Gasteiger partial charge is 0.748 e. The van der Waals surface area contributed by atoms with Gasteiger partial charge in [-0.1, -0.05) is 18.2 Å². The summed E-state index contributed by atoms with van der Waals surface area (Å²) in [5.74, 6) is -0.445. The fraction of sp³-hybridized carbons (Fsp3) is 0.333. The molecule has 1 aliphatic heterocycles. The second-order valence-corrected chi connectivity index (χ2v) is 4.65. The minimum absolute atomic E-state index is 0. The molecule has 0 aliphatic carbocycles. The number of fused-ring (bicyclic) bond motifs is 1. The van der Waals surface area contributed by atoms with Crippen LogP contribution in [-0.4, -0.2) is 13.0 Å². The minimum atomic E-state index is -4.20. The van der Waals surface area contributed by atoms with E-state index < -0.39 is 15.9 Å². The molecule has 0 bridgehead atoms. The molecule has 0 radical (unpaired) electrons. The van der Waals surface area contributed by atoms with Gasteiger partial charge in [-0.2, -0.15) is 0 Å². The van der Waals surface area contributed by atoms with Gasteiger partial charge in [-0.25, -0.2) is 8.42 Å². The maximum atomic E-state index is 10.6. The van der Waals surface area contributed by atoms with E-state index in [0.717, 1.165) is 11.1 Å². The summed E-state index contributed by atoms with van der Waals surface area (Å²) in [6.07, 6.45) is 0. The molecule has 0 atom stereocenters. The Balaban J connectivity index is 0.00000112. The average Bonchev–Trinajstić information content (AvgIpc) is 2.49. The first-order valence-corrected chi connectivity index (χ1v) is 5.75. The van der Waals surface area contributed by atoms with Gasteiger partial charge in [0, 0.05) is 0 Å². The molecule has 0 spiro atoms. The zero-order valence-electron chi connectivity index (χ0n) is 8.39. The third-order valence-electron chi connectivity index (χ3n) is 2.21. The van der Waals surface area contributed by atoms with E-state index in [-0.39, 0.29) is 29.6 Å². The Morgan fingerprint density at radius 3 is 2.73 bits per heavy atom. The first kappa shape index (κ1) is 13.2. The molecule has 4 nitrogen and oxygen atoms in total. The van der Waals surface area contributed by atoms with E-state index in [2.05, 4.69) is 0 Å². The zero-order chi connectivity index (χ0) is 10.2. The number of rotatable bonds is 2. The molecular weight excluding hydrogens is 227 g/mol. The number of ether oxygens (including phenoxy) is 1. The van der Waals surface area contributed by atoms with Crippen LogP contribution in [0.5, 0.6) is 0 Å². The molecule has 1 aromatic rings. The first-order chi connectivity index (χ1) is 6.56. The minimum Gasteiger partial charge on any atom is -0.748 e. The largest absolute Gasteiger partial charge is 1.00 e. The van der Waals surface area contributed by atoms with Gasteiger partial charge in [0.1, 0.15) is 0 Å². The summed E-state index contributed by atoms with van der Waals surface area (Å²) in [5, 5.41) is 0. The second kappa shape index (κ2) is 4.95. The van der Waals surface area contributed by atoms with Crippen molar-refractivity contribution in [1.82, 2.24) is 0 Å². The molecule has 15 heavy (non-hydrogen) atoms. The van der Waals surface area contributed by atoms with E-state index in [0.29, 0.717) is 18.8 Å². The fourth-order valence-electron chi connectivity index (χ4n) is 1.60. The quantitative estimate of drug-likeness (QED) is 0.430. The third kappa shape index (κ3) is 3.27. The van der Waals surface area contributed by atoms with Crippen molar-refractivity contribution in [2.24, 2.45) is 0 Å². The molecule has 0 fully saturated rings. The first-order valence-electron chi connectivity index (χ1n) is 4.17. The van der Waals surface area contributed by atoms with Gasteiger partial charge in [0.2, 0.25) is 0 Å². The van der Waals surface area contributed by atoms with Gasteiger partial charge in [-0.05, 0) is 16.7 Å². The Morgan fingerprint density at radius 2 is 2.07 bits per heavy atom. The molecule has 76 valence electrons. The average molecular weight is 236 g/mol. The van der Waals surface area contributed by atoms with E-state index in [1.54, 1.807) is 12.1 Å². The summed E-state index contributed by atoms with van der Waals surface area (Å²) < 4.78 is 37.0. The summed E-state index contributed by atoms with van der Waals surface area (Å²) in [7, 11) is -4.20. The SMILES string of the molecule is O=S(=O)([O-])Cc1cccc2c1COC2.[Na+]. The Morgan fingerprint density at radius 1 is 1.33 bits per heavy atom. The zero-order valence-corrected chi connectivity index (χ0v) is 11.2. The van der Waals surface area contributed by atoms with Crippen LogP contribution in [0.1, 0.15) is 16.7 Å². The van der Waals surface area contributed by atoms with E-state index in [1.165, 1.54) is 0 Å². The Kier molecular flexibility index (Phi) is 4.34. The third-order valence-corrected chi connectivity index (χ3v) is 2.87. The van der Waals surface area contributed by atoms with Gasteiger partial charge >= 0.3 is 29.6 Å². The molecule has 0 aromatic heterocycles. The Bertz CT molecular complexity index is 455. The molecule has 6 heteroatoms. The van der Waals surface area contributed by atoms with Crippen molar-refractivity contribution >= 4 is 10.1 Å². The van der Waals surface area contributed by atoms with Gasteiger partial charge in [0.15, 0.2) is 0 Å². The van der Waals surface area contributed by atoms with Crippen LogP contribution in [0, 0.1) is 0 Å². The Hall–Kier alpha value is 0.0900. The summed E-state index contributed by atoms with van der Waals surface area (Å²) in [5.41, 5.74) is 2.40. The number of benzene rings is 1. The molecule has 1 aliphatic rings. The number of hydrogen-bond donors (Lipinski definition) is 0. The standard InChI is InChI=1S/C9H10O4S.Na/c10-14(11,12)6-8-3-1-2-7-4-13-5-9(7)8;/h1-3H,4-6H2,(H,10,11,12);/q;+1/p-1. The molecule has 0 saturated heterocycles. The van der Waals surface area contributed by atoms with Gasteiger partial charge in [0.05, 0.1) is 29.1 Å². The molecule has 0 saturated carbocycles. The molecular formula is C9H9NaO4S. The normalized spacial score (nSPS) is 14.5. The maximum Gasteiger partial charge on any atom is 1.00 e. The topological polar surface area (TPSA) is 66.4 Å². The van der Waals surface area contributed by atoms with Crippen LogP contribution in [-0.2, 0) is 33.8 Å². The van der Waals surface area contributed by atoms with Gasteiger partial charge in [-0.3, -0.25) is 0 Å². The van der Waals surface area contributed by atoms with Gasteiger partial charge < -0.3 is 9.29 Å². The molecule has 1 heterocycles. The van der Waals surface area contributed by atoms with Crippen molar-refractivity contribution in [2.75, 3.05) is 0 Å².